The van der Waals surface area contributed by atoms with Gasteiger partial charge in [-0.2, -0.15) is 4.99 Å². The average Bonchev–Trinajstić information content (AvgIpc) is 2.37. The van der Waals surface area contributed by atoms with Gasteiger partial charge in [-0.15, -0.1) is 0 Å². The molecule has 0 N–H and O–H groups in total. The molecule has 0 amide bonds. The van der Waals surface area contributed by atoms with Gasteiger partial charge in [0.25, 0.3) is 0 Å². The van der Waals surface area contributed by atoms with E-state index in [0.29, 0.717) is 11.8 Å². The van der Waals surface area contributed by atoms with Crippen molar-refractivity contribution in [2.24, 2.45) is 4.99 Å². The minimum absolute atomic E-state index is 0.569. The lowest BCUT2D eigenvalue weighted by Crippen LogP contribution is -2.01. The third-order valence-electron chi connectivity index (χ3n) is 3.53. The molecule has 2 heteroatoms. The number of benzene rings is 1. The smallest absolute Gasteiger partial charge is 0.0742 e. The number of isothiocyanates is 1. The van der Waals surface area contributed by atoms with E-state index in [0.717, 1.165) is 12.1 Å². The van der Waals surface area contributed by atoms with Crippen molar-refractivity contribution in [2.75, 3.05) is 0 Å². The molecule has 2 unspecified atom stereocenters. The molecule has 0 bridgehead atoms. The molecule has 1 rings (SSSR count). The molecule has 17 heavy (non-hydrogen) atoms. The van der Waals surface area contributed by atoms with Crippen LogP contribution < -0.4 is 0 Å². The summed E-state index contributed by atoms with van der Waals surface area (Å²) in [6, 6.07) is 6.39. The predicted octanol–water partition coefficient (Wildman–Crippen LogP) is 5.45. The number of rotatable bonds is 5. The van der Waals surface area contributed by atoms with E-state index in [1.165, 1.54) is 17.5 Å². The molecule has 1 nitrogen and oxygen atoms in total. The summed E-state index contributed by atoms with van der Waals surface area (Å²) in [7, 11) is 0. The normalized spacial score (nSPS) is 13.9. The van der Waals surface area contributed by atoms with Crippen LogP contribution in [0.1, 0.15) is 63.5 Å². The monoisotopic (exact) mass is 247 g/mol. The number of nitrogens with zero attached hydrogens (tertiary/aromatic N) is 1. The minimum atomic E-state index is 0.569. The molecule has 92 valence electrons. The van der Waals surface area contributed by atoms with E-state index >= 15 is 0 Å². The first-order valence-corrected chi connectivity index (χ1v) is 6.76. The van der Waals surface area contributed by atoms with E-state index in [2.05, 4.69) is 62.2 Å². The molecule has 0 aliphatic rings. The molecule has 0 aliphatic heterocycles. The van der Waals surface area contributed by atoms with Crippen molar-refractivity contribution < 1.29 is 0 Å². The molecule has 2 atom stereocenters. The zero-order valence-corrected chi connectivity index (χ0v) is 12.0. The Morgan fingerprint density at radius 2 is 1.71 bits per heavy atom. The Morgan fingerprint density at radius 3 is 2.24 bits per heavy atom. The SMILES string of the molecule is CCC(C)c1ccc(N=C=S)cc1C(C)CC. The highest BCUT2D eigenvalue weighted by Gasteiger charge is 2.13. The van der Waals surface area contributed by atoms with Gasteiger partial charge in [0.1, 0.15) is 0 Å². The Balaban J connectivity index is 3.25. The van der Waals surface area contributed by atoms with E-state index in [1.807, 2.05) is 6.07 Å². The molecular weight excluding hydrogens is 226 g/mol. The highest BCUT2D eigenvalue weighted by molar-refractivity contribution is 7.78. The van der Waals surface area contributed by atoms with Crippen molar-refractivity contribution in [2.45, 2.75) is 52.4 Å². The van der Waals surface area contributed by atoms with Crippen molar-refractivity contribution in [1.29, 1.82) is 0 Å². The summed E-state index contributed by atoms with van der Waals surface area (Å²) in [6.07, 6.45) is 2.31. The fourth-order valence-corrected chi connectivity index (χ4v) is 2.11. The summed E-state index contributed by atoms with van der Waals surface area (Å²) in [5.74, 6) is 1.17. The van der Waals surface area contributed by atoms with E-state index in [9.17, 15) is 0 Å². The Labute approximate surface area is 110 Å². The van der Waals surface area contributed by atoms with Crippen molar-refractivity contribution in [3.8, 4) is 0 Å². The first-order chi connectivity index (χ1) is 8.13. The van der Waals surface area contributed by atoms with Crippen LogP contribution in [0.2, 0.25) is 0 Å². The largest absolute Gasteiger partial charge is 0.195 e. The van der Waals surface area contributed by atoms with Crippen LogP contribution in [0.15, 0.2) is 23.2 Å². The molecule has 0 fully saturated rings. The number of hydrogen-bond acceptors (Lipinski definition) is 2. The molecule has 0 radical (unpaired) electrons. The summed E-state index contributed by atoms with van der Waals surface area (Å²) >= 11 is 4.66. The standard InChI is InChI=1S/C15H21NS/c1-5-11(3)14-8-7-13(16-10-17)9-15(14)12(4)6-2/h7-9,11-12H,5-6H2,1-4H3. The number of aliphatic imine (C=N–C) groups is 1. The van der Waals surface area contributed by atoms with Gasteiger partial charge in [0.15, 0.2) is 0 Å². The van der Waals surface area contributed by atoms with Gasteiger partial charge < -0.3 is 0 Å². The van der Waals surface area contributed by atoms with Gasteiger partial charge in [0.05, 0.1) is 10.8 Å². The highest BCUT2D eigenvalue weighted by atomic mass is 32.1. The lowest BCUT2D eigenvalue weighted by molar-refractivity contribution is 0.677. The van der Waals surface area contributed by atoms with Crippen LogP contribution in [0.4, 0.5) is 5.69 Å². The molecule has 0 aliphatic carbocycles. The molecular formula is C15H21NS. The third kappa shape index (κ3) is 3.49. The van der Waals surface area contributed by atoms with Crippen molar-refractivity contribution in [1.82, 2.24) is 0 Å². The van der Waals surface area contributed by atoms with E-state index in [1.54, 1.807) is 0 Å². The zero-order valence-electron chi connectivity index (χ0n) is 11.2. The van der Waals surface area contributed by atoms with Gasteiger partial charge in [-0.05, 0) is 60.2 Å². The van der Waals surface area contributed by atoms with Crippen LogP contribution in [0.5, 0.6) is 0 Å². The first kappa shape index (κ1) is 14.1. The molecule has 1 aromatic rings. The third-order valence-corrected chi connectivity index (χ3v) is 3.62. The second-order valence-corrected chi connectivity index (χ2v) is 4.82. The second-order valence-electron chi connectivity index (χ2n) is 4.63. The summed E-state index contributed by atoms with van der Waals surface area (Å²) in [6.45, 7) is 9.00. The minimum Gasteiger partial charge on any atom is -0.195 e. The lowest BCUT2D eigenvalue weighted by Gasteiger charge is -2.19. The molecule has 0 spiro atoms. The molecule has 0 heterocycles. The fourth-order valence-electron chi connectivity index (χ4n) is 2.00. The van der Waals surface area contributed by atoms with Crippen LogP contribution in [-0.4, -0.2) is 5.16 Å². The maximum absolute atomic E-state index is 4.66. The Hall–Kier alpha value is -0.980. The van der Waals surface area contributed by atoms with Crippen LogP contribution in [-0.2, 0) is 0 Å². The summed E-state index contributed by atoms with van der Waals surface area (Å²) in [5.41, 5.74) is 3.78. The molecule has 1 aromatic carbocycles. The topological polar surface area (TPSA) is 12.4 Å². The fraction of sp³-hybridized carbons (Fsp3) is 0.533. The summed E-state index contributed by atoms with van der Waals surface area (Å²) in [4.78, 5) is 4.08. The Morgan fingerprint density at radius 1 is 1.12 bits per heavy atom. The van der Waals surface area contributed by atoms with Crippen LogP contribution >= 0.6 is 12.2 Å². The quantitative estimate of drug-likeness (QED) is 0.498. The first-order valence-electron chi connectivity index (χ1n) is 6.35. The zero-order chi connectivity index (χ0) is 12.8. The highest BCUT2D eigenvalue weighted by Crippen LogP contribution is 2.32. The van der Waals surface area contributed by atoms with Gasteiger partial charge in [0, 0.05) is 0 Å². The second kappa shape index (κ2) is 6.68. The van der Waals surface area contributed by atoms with Gasteiger partial charge in [0.2, 0.25) is 0 Å². The van der Waals surface area contributed by atoms with Crippen molar-refractivity contribution >= 4 is 23.1 Å². The Bertz CT molecular complexity index is 419. The van der Waals surface area contributed by atoms with Crippen LogP contribution in [0, 0.1) is 0 Å². The lowest BCUT2D eigenvalue weighted by atomic mass is 9.86. The molecule has 0 saturated carbocycles. The average molecular weight is 247 g/mol. The van der Waals surface area contributed by atoms with E-state index in [-0.39, 0.29) is 0 Å². The van der Waals surface area contributed by atoms with E-state index < -0.39 is 0 Å². The van der Waals surface area contributed by atoms with Crippen molar-refractivity contribution in [3.63, 3.8) is 0 Å². The van der Waals surface area contributed by atoms with Gasteiger partial charge in [-0.3, -0.25) is 0 Å². The van der Waals surface area contributed by atoms with Gasteiger partial charge in [-0.1, -0.05) is 33.8 Å². The molecule has 0 saturated heterocycles. The summed E-state index contributed by atoms with van der Waals surface area (Å²) < 4.78 is 0. The van der Waals surface area contributed by atoms with E-state index in [4.69, 9.17) is 0 Å². The predicted molar refractivity (Wildman–Crippen MR) is 78.5 cm³/mol. The summed E-state index contributed by atoms with van der Waals surface area (Å²) in [5, 5.41) is 2.44. The Kier molecular flexibility index (Phi) is 5.54. The van der Waals surface area contributed by atoms with Crippen LogP contribution in [0.25, 0.3) is 0 Å². The van der Waals surface area contributed by atoms with Crippen LogP contribution in [0.3, 0.4) is 0 Å². The van der Waals surface area contributed by atoms with Gasteiger partial charge >= 0.3 is 0 Å². The molecule has 0 aromatic heterocycles. The van der Waals surface area contributed by atoms with Gasteiger partial charge in [-0.25, -0.2) is 0 Å². The maximum Gasteiger partial charge on any atom is 0.0742 e. The van der Waals surface area contributed by atoms with Crippen molar-refractivity contribution in [3.05, 3.63) is 29.3 Å². The number of thiocarbonyl (C=S) groups is 1. The number of hydrogen-bond donors (Lipinski definition) is 0. The maximum atomic E-state index is 4.66.